The normalized spacial score (nSPS) is 21.2. The zero-order valence-electron chi connectivity index (χ0n) is 30.5. The largest absolute Gasteiger partial charge is 0.615 e. The van der Waals surface area contributed by atoms with Crippen LogP contribution in [-0.2, 0) is 55.4 Å². The zero-order valence-corrected chi connectivity index (χ0v) is 30.5. The van der Waals surface area contributed by atoms with Gasteiger partial charge in [-0.05, 0) is 26.7 Å². The molecule has 3 rings (SSSR count). The average Bonchev–Trinajstić information content (AvgIpc) is 3.07. The van der Waals surface area contributed by atoms with Crippen LogP contribution < -0.4 is 0 Å². The number of hydrogen-bond donors (Lipinski definition) is 0. The van der Waals surface area contributed by atoms with Gasteiger partial charge in [0.15, 0.2) is 0 Å². The summed E-state index contributed by atoms with van der Waals surface area (Å²) < 4.78 is 69.6. The molecule has 0 aromatic heterocycles. The highest BCUT2D eigenvalue weighted by Crippen LogP contribution is 2.19. The fourth-order valence-electron chi connectivity index (χ4n) is 5.60. The Bertz CT molecular complexity index is 711. The van der Waals surface area contributed by atoms with Gasteiger partial charge in [-0.3, -0.25) is 0 Å². The SMILES string of the molecule is CCCCCCCCCCCCOB1OB2OCC(C)OB3OB(OCCCCCCCCCCCC)OB(OCC(C)OB(O1)O2)O3. The Morgan fingerprint density at radius 2 is 0.729 bits per heavy atom. The van der Waals surface area contributed by atoms with Crippen LogP contribution in [-0.4, -0.2) is 82.6 Å². The Morgan fingerprint density at radius 1 is 0.417 bits per heavy atom. The van der Waals surface area contributed by atoms with Gasteiger partial charge in [0.25, 0.3) is 0 Å². The zero-order chi connectivity index (χ0) is 34.1. The van der Waals surface area contributed by atoms with Crippen molar-refractivity contribution in [1.29, 1.82) is 0 Å². The van der Waals surface area contributed by atoms with Gasteiger partial charge >= 0.3 is 43.9 Å². The van der Waals surface area contributed by atoms with Gasteiger partial charge in [0.05, 0.1) is 25.4 Å². The van der Waals surface area contributed by atoms with E-state index in [0.717, 1.165) is 25.7 Å². The molecular formula is C30H62B6O12. The second-order valence-corrected chi connectivity index (χ2v) is 13.2. The van der Waals surface area contributed by atoms with Crippen molar-refractivity contribution in [2.45, 2.75) is 168 Å². The highest BCUT2D eigenvalue weighted by atomic mass is 16.9. The van der Waals surface area contributed by atoms with E-state index in [4.69, 9.17) is 55.4 Å². The molecule has 12 nitrogen and oxygen atoms in total. The van der Waals surface area contributed by atoms with E-state index in [1.807, 2.05) is 13.8 Å². The maximum atomic E-state index is 5.92. The average molecular weight is 680 g/mol. The van der Waals surface area contributed by atoms with Crippen molar-refractivity contribution in [3.8, 4) is 0 Å². The fraction of sp³-hybridized carbons (Fsp3) is 1.00. The number of unbranched alkanes of at least 4 members (excludes halogenated alkanes) is 18. The molecule has 0 spiro atoms. The minimum absolute atomic E-state index is 0.109. The molecule has 0 radical (unpaired) electrons. The summed E-state index contributed by atoms with van der Waals surface area (Å²) in [6.45, 7) is 9.35. The van der Waals surface area contributed by atoms with Crippen LogP contribution >= 0.6 is 0 Å². The molecule has 2 atom stereocenters. The first-order chi connectivity index (χ1) is 23.6. The molecule has 3 aliphatic heterocycles. The first kappa shape index (κ1) is 42.3. The molecule has 4 bridgehead atoms. The second-order valence-electron chi connectivity index (χ2n) is 13.2. The van der Waals surface area contributed by atoms with Crippen molar-refractivity contribution in [3.63, 3.8) is 0 Å². The van der Waals surface area contributed by atoms with Crippen LogP contribution in [0.5, 0.6) is 0 Å². The van der Waals surface area contributed by atoms with Gasteiger partial charge in [-0.25, -0.2) is 0 Å². The summed E-state index contributed by atoms with van der Waals surface area (Å²) >= 11 is 0. The smallest absolute Gasteiger partial charge is 0.400 e. The van der Waals surface area contributed by atoms with Gasteiger partial charge in [-0.1, -0.05) is 129 Å². The van der Waals surface area contributed by atoms with E-state index < -0.39 is 56.1 Å². The molecule has 18 heteroatoms. The summed E-state index contributed by atoms with van der Waals surface area (Å²) in [5, 5.41) is 0. The predicted octanol–water partition coefficient (Wildman–Crippen LogP) is 6.75. The molecule has 3 saturated heterocycles. The van der Waals surface area contributed by atoms with E-state index in [1.165, 1.54) is 103 Å². The van der Waals surface area contributed by atoms with Crippen LogP contribution in [0.2, 0.25) is 0 Å². The van der Waals surface area contributed by atoms with Crippen molar-refractivity contribution in [1.82, 2.24) is 0 Å². The quantitative estimate of drug-likeness (QED) is 0.0795. The standard InChI is InChI=1S/C30H62B6O12/c1-5-7-9-11-13-15-17-19-21-23-25-37-31-43-33-39-27-30(4)42-36-46-32(38-26-24-22-20-18-16-14-12-10-8-6-2)44-34(48-36)40-28-29(3)41-35(45-31)47-33/h29-30H,5-28H2,1-4H3. The molecular weight excluding hydrogens is 617 g/mol. The summed E-state index contributed by atoms with van der Waals surface area (Å²) in [7, 11) is -6.31. The van der Waals surface area contributed by atoms with Gasteiger partial charge < -0.3 is 55.4 Å². The van der Waals surface area contributed by atoms with Gasteiger partial charge in [0.1, 0.15) is 0 Å². The van der Waals surface area contributed by atoms with E-state index >= 15 is 0 Å². The van der Waals surface area contributed by atoms with Crippen LogP contribution in [0.15, 0.2) is 0 Å². The van der Waals surface area contributed by atoms with Crippen molar-refractivity contribution in [2.24, 2.45) is 0 Å². The lowest BCUT2D eigenvalue weighted by atomic mass is 9.95. The summed E-state index contributed by atoms with van der Waals surface area (Å²) in [5.41, 5.74) is 0. The molecule has 3 heterocycles. The van der Waals surface area contributed by atoms with E-state index in [2.05, 4.69) is 13.8 Å². The van der Waals surface area contributed by atoms with E-state index in [-0.39, 0.29) is 13.2 Å². The first-order valence-corrected chi connectivity index (χ1v) is 19.3. The molecule has 0 amide bonds. The van der Waals surface area contributed by atoms with Crippen LogP contribution in [0.25, 0.3) is 0 Å². The number of fused-ring (bicyclic) bond motifs is 4. The molecule has 272 valence electrons. The van der Waals surface area contributed by atoms with E-state index in [1.54, 1.807) is 0 Å². The molecule has 2 unspecified atom stereocenters. The Balaban J connectivity index is 1.34. The highest BCUT2D eigenvalue weighted by molar-refractivity contribution is 6.67. The Morgan fingerprint density at radius 3 is 1.08 bits per heavy atom. The first-order valence-electron chi connectivity index (χ1n) is 19.3. The Kier molecular flexibility index (Phi) is 24.3. The number of hydrogen-bond acceptors (Lipinski definition) is 12. The molecule has 0 saturated carbocycles. The lowest BCUT2D eigenvalue weighted by Crippen LogP contribution is -2.56. The van der Waals surface area contributed by atoms with Crippen LogP contribution in [0.3, 0.4) is 0 Å². The Hall–Kier alpha value is -0.0904. The summed E-state index contributed by atoms with van der Waals surface area (Å²) in [4.78, 5) is 0. The minimum atomic E-state index is -1.08. The van der Waals surface area contributed by atoms with Gasteiger partial charge in [0.2, 0.25) is 0 Å². The minimum Gasteiger partial charge on any atom is -0.400 e. The van der Waals surface area contributed by atoms with Crippen molar-refractivity contribution in [3.05, 3.63) is 0 Å². The van der Waals surface area contributed by atoms with Crippen LogP contribution in [0, 0.1) is 0 Å². The molecule has 0 aromatic carbocycles. The maximum Gasteiger partial charge on any atom is 0.615 e. The lowest BCUT2D eigenvalue weighted by Gasteiger charge is -2.33. The molecule has 0 aromatic rings. The third-order valence-corrected chi connectivity index (χ3v) is 8.46. The van der Waals surface area contributed by atoms with Gasteiger partial charge in [0, 0.05) is 13.2 Å². The summed E-state index contributed by atoms with van der Waals surface area (Å²) in [6.07, 6.45) is 24.0. The van der Waals surface area contributed by atoms with Gasteiger partial charge in [-0.2, -0.15) is 0 Å². The molecule has 0 aliphatic carbocycles. The predicted molar refractivity (Wildman–Crippen MR) is 190 cm³/mol. The van der Waals surface area contributed by atoms with Crippen LogP contribution in [0.1, 0.15) is 156 Å². The highest BCUT2D eigenvalue weighted by Gasteiger charge is 2.50. The Labute approximate surface area is 293 Å². The maximum absolute atomic E-state index is 5.92. The van der Waals surface area contributed by atoms with Crippen LogP contribution in [0.4, 0.5) is 0 Å². The lowest BCUT2D eigenvalue weighted by molar-refractivity contribution is -0.00373. The number of rotatable bonds is 24. The van der Waals surface area contributed by atoms with Gasteiger partial charge in [-0.15, -0.1) is 0 Å². The second kappa shape index (κ2) is 27.5. The van der Waals surface area contributed by atoms with Crippen molar-refractivity contribution < 1.29 is 55.4 Å². The van der Waals surface area contributed by atoms with Crippen molar-refractivity contribution in [2.75, 3.05) is 26.4 Å². The van der Waals surface area contributed by atoms with Crippen molar-refractivity contribution >= 4 is 43.9 Å². The monoisotopic (exact) mass is 680 g/mol. The molecule has 48 heavy (non-hydrogen) atoms. The summed E-state index contributed by atoms with van der Waals surface area (Å²) in [5.74, 6) is 0. The molecule has 3 fully saturated rings. The molecule has 0 N–H and O–H groups in total. The molecule has 3 aliphatic rings. The topological polar surface area (TPSA) is 111 Å². The summed E-state index contributed by atoms with van der Waals surface area (Å²) in [6, 6.07) is 0. The third-order valence-electron chi connectivity index (χ3n) is 8.46. The van der Waals surface area contributed by atoms with E-state index in [9.17, 15) is 0 Å². The fourth-order valence-corrected chi connectivity index (χ4v) is 5.60. The third kappa shape index (κ3) is 20.1. The van der Waals surface area contributed by atoms with E-state index in [0.29, 0.717) is 13.2 Å².